The van der Waals surface area contributed by atoms with Crippen molar-refractivity contribution in [1.29, 1.82) is 0 Å². The molecule has 0 saturated carbocycles. The SMILES string of the molecule is COCc1nn2c(nnc3c(CC(=O)OC)nn(-c4ccccc4)c32)c1-c1ccc(F)cc1. The molecule has 0 bridgehead atoms. The van der Waals surface area contributed by atoms with Gasteiger partial charge in [0.1, 0.15) is 11.5 Å². The van der Waals surface area contributed by atoms with Crippen LogP contribution in [0.15, 0.2) is 54.6 Å². The molecule has 0 radical (unpaired) electrons. The monoisotopic (exact) mass is 446 g/mol. The summed E-state index contributed by atoms with van der Waals surface area (Å²) in [5, 5.41) is 18.2. The molecule has 0 spiro atoms. The second-order valence-electron chi connectivity index (χ2n) is 7.32. The van der Waals surface area contributed by atoms with E-state index in [1.165, 1.54) is 19.2 Å². The Bertz CT molecular complexity index is 1460. The molecule has 0 saturated heterocycles. The summed E-state index contributed by atoms with van der Waals surface area (Å²) >= 11 is 0. The van der Waals surface area contributed by atoms with Gasteiger partial charge in [0.05, 0.1) is 37.1 Å². The van der Waals surface area contributed by atoms with Crippen molar-refractivity contribution in [2.45, 2.75) is 13.0 Å². The number of rotatable bonds is 6. The molecular weight excluding hydrogens is 427 g/mol. The van der Waals surface area contributed by atoms with E-state index in [2.05, 4.69) is 15.3 Å². The van der Waals surface area contributed by atoms with Crippen LogP contribution in [0.4, 0.5) is 4.39 Å². The molecule has 2 aromatic carbocycles. The molecule has 0 aliphatic carbocycles. The van der Waals surface area contributed by atoms with Gasteiger partial charge in [0.15, 0.2) is 16.8 Å². The molecule has 3 heterocycles. The van der Waals surface area contributed by atoms with Crippen LogP contribution >= 0.6 is 0 Å². The van der Waals surface area contributed by atoms with Crippen LogP contribution < -0.4 is 0 Å². The zero-order chi connectivity index (χ0) is 22.9. The Balaban J connectivity index is 1.84. The second kappa shape index (κ2) is 8.40. The Labute approximate surface area is 187 Å². The third kappa shape index (κ3) is 3.60. The number of hydrogen-bond acceptors (Lipinski definition) is 7. The summed E-state index contributed by atoms with van der Waals surface area (Å²) in [5.41, 5.74) is 4.63. The van der Waals surface area contributed by atoms with Crippen LogP contribution in [-0.4, -0.2) is 49.8 Å². The van der Waals surface area contributed by atoms with Gasteiger partial charge in [0.2, 0.25) is 0 Å². The molecule has 10 heteroatoms. The lowest BCUT2D eigenvalue weighted by Gasteiger charge is -2.04. The first-order valence-corrected chi connectivity index (χ1v) is 10.1. The predicted molar refractivity (Wildman–Crippen MR) is 117 cm³/mol. The number of esters is 1. The smallest absolute Gasteiger partial charge is 0.311 e. The minimum atomic E-state index is -0.441. The lowest BCUT2D eigenvalue weighted by atomic mass is 10.1. The van der Waals surface area contributed by atoms with Gasteiger partial charge in [-0.1, -0.05) is 30.3 Å². The number of aromatic nitrogens is 6. The third-order valence-electron chi connectivity index (χ3n) is 5.24. The number of carbonyl (C=O) groups is 1. The largest absolute Gasteiger partial charge is 0.469 e. The molecule has 0 unspecified atom stereocenters. The molecule has 5 rings (SSSR count). The summed E-state index contributed by atoms with van der Waals surface area (Å²) in [7, 11) is 2.89. The van der Waals surface area contributed by atoms with Gasteiger partial charge in [0, 0.05) is 7.11 Å². The standard InChI is InChI=1S/C23H19FN6O3/c1-32-13-18-20(14-8-10-15(24)11-9-14)22-26-25-21-17(12-19(31)33-2)27-29(23(21)30(22)28-18)16-6-4-3-5-7-16/h3-11H,12-13H2,1-2H3. The van der Waals surface area contributed by atoms with E-state index < -0.39 is 5.97 Å². The quantitative estimate of drug-likeness (QED) is 0.370. The van der Waals surface area contributed by atoms with Gasteiger partial charge < -0.3 is 9.47 Å². The Kier molecular flexibility index (Phi) is 5.27. The van der Waals surface area contributed by atoms with Crippen LogP contribution in [0.25, 0.3) is 33.6 Å². The van der Waals surface area contributed by atoms with Gasteiger partial charge in [-0.2, -0.15) is 14.7 Å². The first kappa shape index (κ1) is 20.7. The third-order valence-corrected chi connectivity index (χ3v) is 5.24. The van der Waals surface area contributed by atoms with Gasteiger partial charge in [-0.05, 0) is 29.8 Å². The van der Waals surface area contributed by atoms with Crippen LogP contribution in [0.5, 0.6) is 0 Å². The van der Waals surface area contributed by atoms with Gasteiger partial charge >= 0.3 is 5.97 Å². The van der Waals surface area contributed by atoms with E-state index in [1.807, 2.05) is 30.3 Å². The highest BCUT2D eigenvalue weighted by Crippen LogP contribution is 2.31. The van der Waals surface area contributed by atoms with Gasteiger partial charge in [-0.15, -0.1) is 10.2 Å². The summed E-state index contributed by atoms with van der Waals surface area (Å²) in [5.74, 6) is -0.782. The molecule has 33 heavy (non-hydrogen) atoms. The second-order valence-corrected chi connectivity index (χ2v) is 7.32. The number of methoxy groups -OCH3 is 2. The maximum atomic E-state index is 13.6. The minimum Gasteiger partial charge on any atom is -0.469 e. The number of fused-ring (bicyclic) bond motifs is 3. The number of para-hydroxylation sites is 1. The molecule has 0 aliphatic heterocycles. The highest BCUT2D eigenvalue weighted by molar-refractivity contribution is 5.87. The van der Waals surface area contributed by atoms with Crippen LogP contribution in [0, 0.1) is 5.82 Å². The van der Waals surface area contributed by atoms with Crippen molar-refractivity contribution in [2.24, 2.45) is 0 Å². The van der Waals surface area contributed by atoms with E-state index in [4.69, 9.17) is 14.6 Å². The zero-order valence-electron chi connectivity index (χ0n) is 17.9. The summed E-state index contributed by atoms with van der Waals surface area (Å²) in [6, 6.07) is 15.5. The van der Waals surface area contributed by atoms with Crippen molar-refractivity contribution in [3.05, 3.63) is 71.8 Å². The average Bonchev–Trinajstić information content (AvgIpc) is 3.38. The number of ether oxygens (including phenoxy) is 2. The van der Waals surface area contributed by atoms with Gasteiger partial charge in [-0.25, -0.2) is 9.07 Å². The number of halogens is 1. The molecule has 9 nitrogen and oxygen atoms in total. The maximum absolute atomic E-state index is 13.6. The molecule has 5 aromatic rings. The van der Waals surface area contributed by atoms with Gasteiger partial charge in [-0.3, -0.25) is 4.79 Å². The van der Waals surface area contributed by atoms with E-state index in [-0.39, 0.29) is 18.8 Å². The fraction of sp³-hybridized carbons (Fsp3) is 0.174. The fourth-order valence-corrected chi connectivity index (χ4v) is 3.75. The van der Waals surface area contributed by atoms with Crippen molar-refractivity contribution in [3.8, 4) is 16.8 Å². The Morgan fingerprint density at radius 2 is 1.73 bits per heavy atom. The van der Waals surface area contributed by atoms with Crippen LogP contribution in [0.1, 0.15) is 11.4 Å². The van der Waals surface area contributed by atoms with Gasteiger partial charge in [0.25, 0.3) is 0 Å². The van der Waals surface area contributed by atoms with E-state index in [0.29, 0.717) is 33.8 Å². The van der Waals surface area contributed by atoms with E-state index in [1.54, 1.807) is 28.4 Å². The summed E-state index contributed by atoms with van der Waals surface area (Å²) in [6.07, 6.45) is -0.0654. The van der Waals surface area contributed by atoms with Crippen molar-refractivity contribution in [2.75, 3.05) is 14.2 Å². The average molecular weight is 446 g/mol. The molecule has 0 N–H and O–H groups in total. The highest BCUT2D eigenvalue weighted by Gasteiger charge is 2.24. The molecule has 3 aromatic heterocycles. The molecular formula is C23H19FN6O3. The lowest BCUT2D eigenvalue weighted by Crippen LogP contribution is -2.06. The number of benzene rings is 2. The Morgan fingerprint density at radius 3 is 2.42 bits per heavy atom. The Morgan fingerprint density at radius 1 is 0.970 bits per heavy atom. The van der Waals surface area contributed by atoms with Crippen LogP contribution in [-0.2, 0) is 27.3 Å². The minimum absolute atomic E-state index is 0.0654. The fourth-order valence-electron chi connectivity index (χ4n) is 3.75. The zero-order valence-corrected chi connectivity index (χ0v) is 17.9. The molecule has 0 atom stereocenters. The van der Waals surface area contributed by atoms with Crippen molar-refractivity contribution in [3.63, 3.8) is 0 Å². The highest BCUT2D eigenvalue weighted by atomic mass is 19.1. The lowest BCUT2D eigenvalue weighted by molar-refractivity contribution is -0.139. The van der Waals surface area contributed by atoms with Crippen molar-refractivity contribution < 1.29 is 18.7 Å². The van der Waals surface area contributed by atoms with Crippen LogP contribution in [0.2, 0.25) is 0 Å². The van der Waals surface area contributed by atoms with E-state index in [9.17, 15) is 9.18 Å². The Hall–Kier alpha value is -4.18. The van der Waals surface area contributed by atoms with E-state index >= 15 is 0 Å². The summed E-state index contributed by atoms with van der Waals surface area (Å²) < 4.78 is 27.0. The first-order chi connectivity index (χ1) is 16.1. The van der Waals surface area contributed by atoms with Crippen molar-refractivity contribution in [1.82, 2.24) is 29.6 Å². The van der Waals surface area contributed by atoms with Crippen LogP contribution in [0.3, 0.4) is 0 Å². The normalized spacial score (nSPS) is 11.4. The number of nitrogens with zero attached hydrogens (tertiary/aromatic N) is 6. The number of carbonyl (C=O) groups excluding carboxylic acids is 1. The summed E-state index contributed by atoms with van der Waals surface area (Å²) in [4.78, 5) is 12.0. The first-order valence-electron chi connectivity index (χ1n) is 10.1. The molecule has 0 fully saturated rings. The predicted octanol–water partition coefficient (Wildman–Crippen LogP) is 3.13. The molecule has 166 valence electrons. The molecule has 0 aliphatic rings. The maximum Gasteiger partial charge on any atom is 0.311 e. The van der Waals surface area contributed by atoms with E-state index in [0.717, 1.165) is 11.3 Å². The molecule has 0 amide bonds. The van der Waals surface area contributed by atoms with Crippen molar-refractivity contribution >= 4 is 22.8 Å². The topological polar surface area (TPSA) is 96.4 Å². The summed E-state index contributed by atoms with van der Waals surface area (Å²) in [6.45, 7) is 0.214. The number of hydrogen-bond donors (Lipinski definition) is 0.